The van der Waals surface area contributed by atoms with Crippen LogP contribution < -0.4 is 19.3 Å². The number of carbonyl (C=O) groups excluding carboxylic acids is 2. The van der Waals surface area contributed by atoms with Gasteiger partial charge in [-0.3, -0.25) is 14.6 Å². The van der Waals surface area contributed by atoms with Crippen molar-refractivity contribution in [1.29, 1.82) is 0 Å². The molecular weight excluding hydrogens is 487 g/mol. The molecule has 0 aliphatic carbocycles. The van der Waals surface area contributed by atoms with E-state index in [1.54, 1.807) is 70.5 Å². The van der Waals surface area contributed by atoms with E-state index in [4.69, 9.17) is 9.47 Å². The van der Waals surface area contributed by atoms with Gasteiger partial charge in [0, 0.05) is 44.2 Å². The summed E-state index contributed by atoms with van der Waals surface area (Å²) < 4.78 is 26.6. The van der Waals surface area contributed by atoms with Gasteiger partial charge >= 0.3 is 0 Å². The van der Waals surface area contributed by atoms with Crippen LogP contribution in [0.4, 0.5) is 21.5 Å². The predicted molar refractivity (Wildman–Crippen MR) is 145 cm³/mol. The molecule has 1 aliphatic rings. The highest BCUT2D eigenvalue weighted by Crippen LogP contribution is 2.36. The van der Waals surface area contributed by atoms with Crippen LogP contribution in [0, 0.1) is 5.82 Å². The summed E-state index contributed by atoms with van der Waals surface area (Å²) in [4.78, 5) is 33.5. The number of hydrogen-bond acceptors (Lipinski definition) is 6. The monoisotopic (exact) mass is 518 g/mol. The van der Waals surface area contributed by atoms with Crippen LogP contribution in [0.2, 0.25) is 0 Å². The van der Waals surface area contributed by atoms with Crippen LogP contribution in [0.5, 0.6) is 17.2 Å². The minimum absolute atomic E-state index is 0.00607. The number of hydrogen-bond donors (Lipinski definition) is 0. The molecule has 1 saturated heterocycles. The molecule has 0 N–H and O–H groups in total. The number of pyridine rings is 1. The number of anilines is 3. The Balaban J connectivity index is 1.55. The van der Waals surface area contributed by atoms with E-state index in [0.29, 0.717) is 48.1 Å². The lowest BCUT2D eigenvalue weighted by Gasteiger charge is -2.30. The van der Waals surface area contributed by atoms with Crippen LogP contribution in [0.25, 0.3) is 0 Å². The van der Waals surface area contributed by atoms with Gasteiger partial charge in [0.1, 0.15) is 11.5 Å². The number of likely N-dealkylation sites (tertiary alicyclic amines) is 1. The lowest BCUT2D eigenvalue weighted by atomic mass is 10.2. The molecular formula is C29H31FN4O4. The maximum Gasteiger partial charge on any atom is 0.246 e. The third-order valence-electron chi connectivity index (χ3n) is 6.28. The van der Waals surface area contributed by atoms with Crippen LogP contribution in [-0.4, -0.2) is 54.5 Å². The Morgan fingerprint density at radius 1 is 1.18 bits per heavy atom. The van der Waals surface area contributed by atoms with Gasteiger partial charge in [0.15, 0.2) is 11.6 Å². The summed E-state index contributed by atoms with van der Waals surface area (Å²) in [6.07, 6.45) is 5.89. The molecule has 0 spiro atoms. The largest absolute Gasteiger partial charge is 0.491 e. The maximum absolute atomic E-state index is 15.1. The van der Waals surface area contributed by atoms with E-state index in [-0.39, 0.29) is 23.8 Å². The van der Waals surface area contributed by atoms with Gasteiger partial charge in [0.05, 0.1) is 29.7 Å². The number of halogens is 1. The van der Waals surface area contributed by atoms with Crippen LogP contribution in [0.3, 0.4) is 0 Å². The topological polar surface area (TPSA) is 75.2 Å². The molecule has 2 heterocycles. The molecule has 38 heavy (non-hydrogen) atoms. The van der Waals surface area contributed by atoms with E-state index in [9.17, 15) is 9.59 Å². The first kappa shape index (κ1) is 26.7. The average molecular weight is 519 g/mol. The predicted octanol–water partition coefficient (Wildman–Crippen LogP) is 5.32. The number of amides is 2. The van der Waals surface area contributed by atoms with Crippen molar-refractivity contribution in [3.8, 4) is 17.2 Å². The summed E-state index contributed by atoms with van der Waals surface area (Å²) in [5.74, 6) is 0.457. The summed E-state index contributed by atoms with van der Waals surface area (Å²) >= 11 is 0. The average Bonchev–Trinajstić information content (AvgIpc) is 3.39. The van der Waals surface area contributed by atoms with E-state index in [0.717, 1.165) is 6.41 Å². The Morgan fingerprint density at radius 3 is 2.68 bits per heavy atom. The molecule has 1 aromatic heterocycles. The summed E-state index contributed by atoms with van der Waals surface area (Å²) in [6.45, 7) is 8.33. The Morgan fingerprint density at radius 2 is 1.97 bits per heavy atom. The van der Waals surface area contributed by atoms with Crippen LogP contribution in [0.1, 0.15) is 20.3 Å². The molecule has 0 saturated carbocycles. The lowest BCUT2D eigenvalue weighted by molar-refractivity contribution is -0.125. The van der Waals surface area contributed by atoms with E-state index in [1.165, 1.54) is 12.1 Å². The van der Waals surface area contributed by atoms with Crippen molar-refractivity contribution in [2.24, 2.45) is 0 Å². The molecule has 0 radical (unpaired) electrons. The fourth-order valence-electron chi connectivity index (χ4n) is 4.42. The number of rotatable bonds is 10. The second-order valence-corrected chi connectivity index (χ2v) is 9.23. The Hall–Kier alpha value is -4.40. The van der Waals surface area contributed by atoms with Crippen LogP contribution in [-0.2, 0) is 9.59 Å². The van der Waals surface area contributed by atoms with Crippen molar-refractivity contribution in [1.82, 2.24) is 9.88 Å². The smallest absolute Gasteiger partial charge is 0.246 e. The molecule has 0 bridgehead atoms. The van der Waals surface area contributed by atoms with Crippen molar-refractivity contribution in [3.05, 3.63) is 79.4 Å². The molecule has 3 aromatic rings. The SMILES string of the molecule is C=CC(=O)N1CCC(N(C=O)c2ccncc2N(C)c2ccc(Oc3cccc(OC(C)C)c3)c(F)c2)C1. The summed E-state index contributed by atoms with van der Waals surface area (Å²) in [6, 6.07) is 13.2. The number of aromatic nitrogens is 1. The van der Waals surface area contributed by atoms with E-state index >= 15 is 4.39 Å². The van der Waals surface area contributed by atoms with E-state index < -0.39 is 5.82 Å². The number of benzene rings is 2. The molecule has 198 valence electrons. The molecule has 1 atom stereocenters. The minimum Gasteiger partial charge on any atom is -0.491 e. The first-order valence-corrected chi connectivity index (χ1v) is 12.4. The Kier molecular flexibility index (Phi) is 8.25. The highest BCUT2D eigenvalue weighted by Gasteiger charge is 2.31. The fraction of sp³-hybridized carbons (Fsp3) is 0.276. The van der Waals surface area contributed by atoms with Gasteiger partial charge in [-0.05, 0) is 56.7 Å². The lowest BCUT2D eigenvalue weighted by Crippen LogP contribution is -2.38. The molecule has 2 amide bonds. The standard InChI is InChI=1S/C29H31FN4O4/c1-5-29(36)33-14-12-22(18-33)34(19-35)26-11-13-31-17-27(26)32(4)21-9-10-28(25(30)15-21)38-24-8-6-7-23(16-24)37-20(2)3/h5-11,13,15-17,19-20,22H,1,12,14,18H2,2-4H3. The van der Waals surface area contributed by atoms with Gasteiger partial charge in [0.2, 0.25) is 12.3 Å². The zero-order valence-corrected chi connectivity index (χ0v) is 21.7. The molecule has 1 unspecified atom stereocenters. The van der Waals surface area contributed by atoms with E-state index in [1.807, 2.05) is 19.9 Å². The molecule has 4 rings (SSSR count). The molecule has 2 aromatic carbocycles. The van der Waals surface area contributed by atoms with Crippen molar-refractivity contribution in [3.63, 3.8) is 0 Å². The molecule has 1 fully saturated rings. The second-order valence-electron chi connectivity index (χ2n) is 9.23. The summed E-state index contributed by atoms with van der Waals surface area (Å²) in [5.41, 5.74) is 1.76. The van der Waals surface area contributed by atoms with Gasteiger partial charge in [0.25, 0.3) is 0 Å². The third kappa shape index (κ3) is 5.94. The number of carbonyl (C=O) groups is 2. The number of ether oxygens (including phenoxy) is 2. The van der Waals surface area contributed by atoms with Crippen LogP contribution >= 0.6 is 0 Å². The van der Waals surface area contributed by atoms with Crippen molar-refractivity contribution in [2.75, 3.05) is 29.9 Å². The summed E-state index contributed by atoms with van der Waals surface area (Å²) in [5, 5.41) is 0. The fourth-order valence-corrected chi connectivity index (χ4v) is 4.42. The quantitative estimate of drug-likeness (QED) is 0.267. The van der Waals surface area contributed by atoms with Crippen molar-refractivity contribution < 1.29 is 23.5 Å². The van der Waals surface area contributed by atoms with Crippen molar-refractivity contribution in [2.45, 2.75) is 32.4 Å². The normalized spacial score (nSPS) is 14.8. The molecule has 1 aliphatic heterocycles. The molecule has 9 heteroatoms. The Labute approximate surface area is 221 Å². The highest BCUT2D eigenvalue weighted by atomic mass is 19.1. The van der Waals surface area contributed by atoms with Gasteiger partial charge in [-0.1, -0.05) is 12.6 Å². The van der Waals surface area contributed by atoms with E-state index in [2.05, 4.69) is 11.6 Å². The first-order chi connectivity index (χ1) is 18.3. The van der Waals surface area contributed by atoms with Gasteiger partial charge in [-0.25, -0.2) is 4.39 Å². The van der Waals surface area contributed by atoms with Gasteiger partial charge in [-0.2, -0.15) is 0 Å². The van der Waals surface area contributed by atoms with Gasteiger partial charge < -0.3 is 24.2 Å². The highest BCUT2D eigenvalue weighted by molar-refractivity contribution is 5.89. The second kappa shape index (κ2) is 11.8. The summed E-state index contributed by atoms with van der Waals surface area (Å²) in [7, 11) is 1.77. The van der Waals surface area contributed by atoms with Crippen LogP contribution in [0.15, 0.2) is 73.6 Å². The van der Waals surface area contributed by atoms with Gasteiger partial charge in [-0.15, -0.1) is 0 Å². The number of nitrogens with zero attached hydrogens (tertiary/aromatic N) is 4. The molecule has 8 nitrogen and oxygen atoms in total. The maximum atomic E-state index is 15.1. The zero-order chi connectivity index (χ0) is 27.2. The Bertz CT molecular complexity index is 1320. The first-order valence-electron chi connectivity index (χ1n) is 12.4. The third-order valence-corrected chi connectivity index (χ3v) is 6.28. The van der Waals surface area contributed by atoms with Crippen molar-refractivity contribution >= 4 is 29.4 Å². The minimum atomic E-state index is -0.545. The zero-order valence-electron chi connectivity index (χ0n) is 21.7.